The van der Waals surface area contributed by atoms with Crippen LogP contribution in [0.3, 0.4) is 0 Å². The van der Waals surface area contributed by atoms with Gasteiger partial charge in [-0.2, -0.15) is 5.10 Å². The summed E-state index contributed by atoms with van der Waals surface area (Å²) >= 11 is 0. The molecule has 92 valence electrons. The fourth-order valence-electron chi connectivity index (χ4n) is 1.51. The summed E-state index contributed by atoms with van der Waals surface area (Å²) in [5.74, 6) is -1.99. The molecule has 0 aliphatic carbocycles. The van der Waals surface area contributed by atoms with Gasteiger partial charge in [0.25, 0.3) is 0 Å². The van der Waals surface area contributed by atoms with Gasteiger partial charge in [-0.25, -0.2) is 13.9 Å². The SMILES string of the molecule is Cc1cn(-c2ccccc2F)nc(C(=O)O)c1=O. The first kappa shape index (κ1) is 12.0. The van der Waals surface area contributed by atoms with Crippen LogP contribution in [0.4, 0.5) is 4.39 Å². The second-order valence-electron chi connectivity index (χ2n) is 3.69. The van der Waals surface area contributed by atoms with Gasteiger partial charge in [0.15, 0.2) is 0 Å². The Morgan fingerprint density at radius 2 is 2.06 bits per heavy atom. The zero-order valence-corrected chi connectivity index (χ0v) is 9.42. The van der Waals surface area contributed by atoms with Crippen molar-refractivity contribution in [1.82, 2.24) is 9.78 Å². The Morgan fingerprint density at radius 3 is 2.67 bits per heavy atom. The highest BCUT2D eigenvalue weighted by Crippen LogP contribution is 2.11. The summed E-state index contributed by atoms with van der Waals surface area (Å²) in [6.07, 6.45) is 1.30. The standard InChI is InChI=1S/C12H9FN2O3/c1-7-6-15(9-5-3-2-4-8(9)13)14-10(11(7)16)12(17)18/h2-6H,1H3,(H,17,18). The van der Waals surface area contributed by atoms with E-state index in [1.807, 2.05) is 0 Å². The van der Waals surface area contributed by atoms with Gasteiger partial charge in [0, 0.05) is 11.8 Å². The number of benzene rings is 1. The average molecular weight is 248 g/mol. The molecule has 0 unspecified atom stereocenters. The first-order valence-electron chi connectivity index (χ1n) is 5.09. The lowest BCUT2D eigenvalue weighted by atomic mass is 10.2. The van der Waals surface area contributed by atoms with E-state index in [4.69, 9.17) is 5.11 Å². The van der Waals surface area contributed by atoms with Crippen LogP contribution in [-0.2, 0) is 0 Å². The third kappa shape index (κ3) is 2.00. The van der Waals surface area contributed by atoms with Crippen molar-refractivity contribution in [1.29, 1.82) is 0 Å². The molecule has 2 rings (SSSR count). The van der Waals surface area contributed by atoms with Crippen LogP contribution in [0.2, 0.25) is 0 Å². The molecule has 0 aliphatic heterocycles. The highest BCUT2D eigenvalue weighted by atomic mass is 19.1. The van der Waals surface area contributed by atoms with E-state index in [1.165, 1.54) is 31.3 Å². The summed E-state index contributed by atoms with van der Waals surface area (Å²) in [5, 5.41) is 12.5. The third-order valence-corrected chi connectivity index (χ3v) is 2.40. The molecular weight excluding hydrogens is 239 g/mol. The van der Waals surface area contributed by atoms with Gasteiger partial charge in [0.2, 0.25) is 11.1 Å². The number of aromatic carboxylic acids is 1. The van der Waals surface area contributed by atoms with Gasteiger partial charge in [-0.3, -0.25) is 4.79 Å². The van der Waals surface area contributed by atoms with E-state index in [2.05, 4.69) is 5.10 Å². The van der Waals surface area contributed by atoms with Crippen molar-refractivity contribution >= 4 is 5.97 Å². The van der Waals surface area contributed by atoms with Gasteiger partial charge in [-0.15, -0.1) is 0 Å². The normalized spacial score (nSPS) is 10.3. The van der Waals surface area contributed by atoms with Crippen LogP contribution in [0.25, 0.3) is 5.69 Å². The highest BCUT2D eigenvalue weighted by Gasteiger charge is 2.15. The van der Waals surface area contributed by atoms with E-state index in [9.17, 15) is 14.0 Å². The molecule has 0 aliphatic rings. The van der Waals surface area contributed by atoms with E-state index in [0.29, 0.717) is 0 Å². The fourth-order valence-corrected chi connectivity index (χ4v) is 1.51. The van der Waals surface area contributed by atoms with Crippen molar-refractivity contribution in [3.05, 3.63) is 57.8 Å². The lowest BCUT2D eigenvalue weighted by Gasteiger charge is -2.08. The lowest BCUT2D eigenvalue weighted by Crippen LogP contribution is -2.23. The summed E-state index contributed by atoms with van der Waals surface area (Å²) in [7, 11) is 0. The number of carboxylic acids is 1. The smallest absolute Gasteiger partial charge is 0.360 e. The summed E-state index contributed by atoms with van der Waals surface area (Å²) in [6, 6.07) is 5.77. The van der Waals surface area contributed by atoms with E-state index in [0.717, 1.165) is 4.68 Å². The molecule has 0 radical (unpaired) electrons. The monoisotopic (exact) mass is 248 g/mol. The Balaban J connectivity index is 2.71. The van der Waals surface area contributed by atoms with Crippen molar-refractivity contribution in [2.24, 2.45) is 0 Å². The summed E-state index contributed by atoms with van der Waals surface area (Å²) in [5.41, 5.74) is -1.03. The number of para-hydroxylation sites is 1. The quantitative estimate of drug-likeness (QED) is 0.871. The van der Waals surface area contributed by atoms with Gasteiger partial charge >= 0.3 is 5.97 Å². The Kier molecular flexibility index (Phi) is 2.93. The van der Waals surface area contributed by atoms with Crippen LogP contribution in [0.5, 0.6) is 0 Å². The molecule has 1 heterocycles. The van der Waals surface area contributed by atoms with Crippen LogP contribution in [-0.4, -0.2) is 20.9 Å². The third-order valence-electron chi connectivity index (χ3n) is 2.40. The zero-order valence-electron chi connectivity index (χ0n) is 9.42. The van der Waals surface area contributed by atoms with Gasteiger partial charge in [0.1, 0.15) is 11.5 Å². The number of halogens is 1. The van der Waals surface area contributed by atoms with E-state index in [1.54, 1.807) is 6.07 Å². The minimum absolute atomic E-state index is 0.0862. The Morgan fingerprint density at radius 1 is 1.39 bits per heavy atom. The first-order valence-corrected chi connectivity index (χ1v) is 5.09. The second-order valence-corrected chi connectivity index (χ2v) is 3.69. The predicted octanol–water partition coefficient (Wildman–Crippen LogP) is 1.38. The van der Waals surface area contributed by atoms with Crippen molar-refractivity contribution in [2.45, 2.75) is 6.92 Å². The van der Waals surface area contributed by atoms with Crippen LogP contribution in [0.1, 0.15) is 16.1 Å². The molecule has 0 amide bonds. The molecule has 1 aromatic heterocycles. The largest absolute Gasteiger partial charge is 0.476 e. The van der Waals surface area contributed by atoms with Crippen molar-refractivity contribution < 1.29 is 14.3 Å². The van der Waals surface area contributed by atoms with Crippen molar-refractivity contribution in [3.63, 3.8) is 0 Å². The maximum absolute atomic E-state index is 13.6. The molecule has 1 aromatic carbocycles. The van der Waals surface area contributed by atoms with Crippen LogP contribution in [0, 0.1) is 12.7 Å². The van der Waals surface area contributed by atoms with Gasteiger partial charge < -0.3 is 5.11 Å². The molecule has 0 saturated heterocycles. The number of rotatable bonds is 2. The Bertz CT molecular complexity index is 679. The fraction of sp³-hybridized carbons (Fsp3) is 0.0833. The molecular formula is C12H9FN2O3. The van der Waals surface area contributed by atoms with Crippen molar-refractivity contribution in [2.75, 3.05) is 0 Å². The molecule has 18 heavy (non-hydrogen) atoms. The number of nitrogens with zero attached hydrogens (tertiary/aromatic N) is 2. The maximum atomic E-state index is 13.6. The van der Waals surface area contributed by atoms with Crippen LogP contribution in [0.15, 0.2) is 35.3 Å². The second kappa shape index (κ2) is 4.40. The van der Waals surface area contributed by atoms with E-state index in [-0.39, 0.29) is 11.3 Å². The van der Waals surface area contributed by atoms with Gasteiger partial charge in [0.05, 0.1) is 0 Å². The summed E-state index contributed by atoms with van der Waals surface area (Å²) in [4.78, 5) is 22.4. The summed E-state index contributed by atoms with van der Waals surface area (Å²) in [6.45, 7) is 1.45. The van der Waals surface area contributed by atoms with E-state index < -0.39 is 22.9 Å². The molecule has 0 atom stereocenters. The topological polar surface area (TPSA) is 72.2 Å². The van der Waals surface area contributed by atoms with Gasteiger partial charge in [-0.05, 0) is 19.1 Å². The lowest BCUT2D eigenvalue weighted by molar-refractivity contribution is 0.0686. The number of carbonyl (C=O) groups is 1. The molecule has 0 saturated carbocycles. The first-order chi connectivity index (χ1) is 8.50. The number of aromatic nitrogens is 2. The molecule has 1 N–H and O–H groups in total. The Hall–Kier alpha value is -2.50. The Labute approximate surface area is 101 Å². The highest BCUT2D eigenvalue weighted by molar-refractivity contribution is 5.85. The molecule has 5 nitrogen and oxygen atoms in total. The number of carboxylic acid groups (broad SMARTS) is 1. The minimum atomic E-state index is -1.44. The molecule has 0 bridgehead atoms. The average Bonchev–Trinajstić information content (AvgIpc) is 2.33. The number of aryl methyl sites for hydroxylation is 1. The zero-order chi connectivity index (χ0) is 13.3. The van der Waals surface area contributed by atoms with E-state index >= 15 is 0 Å². The number of hydrogen-bond acceptors (Lipinski definition) is 3. The molecule has 6 heteroatoms. The van der Waals surface area contributed by atoms with Crippen LogP contribution < -0.4 is 5.43 Å². The summed E-state index contributed by atoms with van der Waals surface area (Å²) < 4.78 is 14.6. The van der Waals surface area contributed by atoms with Gasteiger partial charge in [-0.1, -0.05) is 12.1 Å². The predicted molar refractivity (Wildman–Crippen MR) is 61.5 cm³/mol. The molecule has 0 fully saturated rings. The minimum Gasteiger partial charge on any atom is -0.476 e. The molecule has 2 aromatic rings. The number of hydrogen-bond donors (Lipinski definition) is 1. The van der Waals surface area contributed by atoms with Crippen LogP contribution >= 0.6 is 0 Å². The molecule has 0 spiro atoms. The van der Waals surface area contributed by atoms with Crippen molar-refractivity contribution in [3.8, 4) is 5.69 Å². The maximum Gasteiger partial charge on any atom is 0.360 e.